The van der Waals surface area contributed by atoms with Crippen molar-refractivity contribution in [3.8, 4) is 0 Å². The number of phosphoric ester groups is 3. The molecule has 3 rings (SSSR count). The van der Waals surface area contributed by atoms with Crippen molar-refractivity contribution >= 4 is 82.2 Å². The fourth-order valence-electron chi connectivity index (χ4n) is 4.47. The Balaban J connectivity index is 1.47. The molecule has 1 fully saturated rings. The van der Waals surface area contributed by atoms with Crippen molar-refractivity contribution in [3.63, 3.8) is 0 Å². The number of phosphoric acid groups is 3. The van der Waals surface area contributed by atoms with Gasteiger partial charge in [-0.3, -0.25) is 32.5 Å². The number of fused-ring (bicyclic) bond motifs is 1. The van der Waals surface area contributed by atoms with E-state index in [1.165, 1.54) is 13.8 Å². The van der Waals surface area contributed by atoms with Crippen LogP contribution in [0.5, 0.6) is 0 Å². The molecule has 0 aromatic carbocycles. The molecule has 28 nitrogen and oxygen atoms in total. The maximum absolute atomic E-state index is 12.6. The van der Waals surface area contributed by atoms with E-state index in [4.69, 9.17) is 19.5 Å². The second-order valence-corrected chi connectivity index (χ2v) is 17.2. The van der Waals surface area contributed by atoms with Crippen LogP contribution in [0.25, 0.3) is 11.2 Å². The summed E-state index contributed by atoms with van der Waals surface area (Å²) < 4.78 is 70.4. The molecule has 10 N–H and O–H groups in total. The number of esters is 2. The van der Waals surface area contributed by atoms with Gasteiger partial charge in [0.1, 0.15) is 36.3 Å². The minimum Gasteiger partial charge on any atom is -0.386 e. The highest BCUT2D eigenvalue weighted by Crippen LogP contribution is 2.61. The Hall–Kier alpha value is -3.50. The Morgan fingerprint density at radius 1 is 1.02 bits per heavy atom. The second kappa shape index (κ2) is 20.0. The van der Waals surface area contributed by atoms with E-state index in [0.717, 1.165) is 24.1 Å². The number of aromatic nitrogens is 4. The van der Waals surface area contributed by atoms with Crippen LogP contribution in [0.2, 0.25) is 0 Å². The summed E-state index contributed by atoms with van der Waals surface area (Å²) in [6.45, 7) is 0.874. The minimum atomic E-state index is -5.60. The molecule has 1 aliphatic rings. The highest BCUT2D eigenvalue weighted by Gasteiger charge is 2.50. The number of hydrogen-bond acceptors (Lipinski definition) is 22. The first-order chi connectivity index (χ1) is 26.3. The molecule has 2 aromatic heterocycles. The fraction of sp³-hybridized carbons (Fsp3) is 0.600. The standard InChI is InChI=1S/C25H38N7O21P3S/c1-12(33)49-23(38)24(39)52-57-7-6-27-14(34)4-5-28-21(37)18(36)25(2,3)9-48-56(45,46)53-55(43,44)47-8-13-17(51-54(40,41)42)16(35)22(50-13)32-11-31-15-19(26)29-10-30-20(15)32/h10-11,13,16-18,22,35-36H,4-9H2,1-3H3,(H,27,34)(H,28,37)(H,43,44)(H,45,46)(H2,26,29,30)(H2,40,41,42)/t13-,16-,17-,18?,22-/m1/s1. The van der Waals surface area contributed by atoms with Crippen molar-refractivity contribution in [2.24, 2.45) is 5.41 Å². The van der Waals surface area contributed by atoms with Crippen LogP contribution in [-0.2, 0) is 69.2 Å². The van der Waals surface area contributed by atoms with Crippen LogP contribution < -0.4 is 16.4 Å². The smallest absolute Gasteiger partial charge is 0.386 e. The Morgan fingerprint density at radius 2 is 1.68 bits per heavy atom. The van der Waals surface area contributed by atoms with Crippen molar-refractivity contribution in [2.45, 2.75) is 57.8 Å². The average molecular weight is 898 g/mol. The molecule has 1 saturated heterocycles. The van der Waals surface area contributed by atoms with Crippen LogP contribution >= 0.6 is 35.5 Å². The molecule has 0 radical (unpaired) electrons. The molecule has 0 bridgehead atoms. The zero-order valence-electron chi connectivity index (χ0n) is 29.7. The van der Waals surface area contributed by atoms with Crippen molar-refractivity contribution in [1.82, 2.24) is 30.2 Å². The Morgan fingerprint density at radius 3 is 2.33 bits per heavy atom. The Labute approximate surface area is 324 Å². The van der Waals surface area contributed by atoms with Crippen molar-refractivity contribution < 1.29 is 99.0 Å². The zero-order chi connectivity index (χ0) is 42.9. The van der Waals surface area contributed by atoms with Gasteiger partial charge in [-0.05, 0) is 0 Å². The summed E-state index contributed by atoms with van der Waals surface area (Å²) in [5.74, 6) is -5.67. The summed E-state index contributed by atoms with van der Waals surface area (Å²) in [5.41, 5.74) is 4.16. The Kier molecular flexibility index (Phi) is 16.8. The third kappa shape index (κ3) is 14.7. The number of rotatable bonds is 20. The number of ether oxygens (including phenoxy) is 2. The highest BCUT2D eigenvalue weighted by molar-refractivity contribution is 7.95. The summed E-state index contributed by atoms with van der Waals surface area (Å²) >= 11 is 0.488. The van der Waals surface area contributed by atoms with Gasteiger partial charge < -0.3 is 59.8 Å². The quantitative estimate of drug-likeness (QED) is 0.0168. The van der Waals surface area contributed by atoms with E-state index in [1.807, 2.05) is 0 Å². The number of nitrogens with zero attached hydrogens (tertiary/aromatic N) is 4. The number of imidazole rings is 1. The van der Waals surface area contributed by atoms with E-state index < -0.39 is 102 Å². The summed E-state index contributed by atoms with van der Waals surface area (Å²) in [6, 6.07) is 0. The summed E-state index contributed by atoms with van der Waals surface area (Å²) in [7, 11) is -16.5. The van der Waals surface area contributed by atoms with Crippen molar-refractivity contribution in [1.29, 1.82) is 0 Å². The van der Waals surface area contributed by atoms with Gasteiger partial charge in [-0.15, -0.1) is 0 Å². The number of nitrogen functional groups attached to an aromatic ring is 1. The molecule has 57 heavy (non-hydrogen) atoms. The molecule has 3 heterocycles. The number of aliphatic hydroxyl groups is 2. The molecule has 3 unspecified atom stereocenters. The number of aliphatic hydroxyl groups excluding tert-OH is 2. The van der Waals surface area contributed by atoms with E-state index in [0.29, 0.717) is 12.0 Å². The third-order valence-electron chi connectivity index (χ3n) is 7.12. The van der Waals surface area contributed by atoms with Gasteiger partial charge in [0.15, 0.2) is 17.7 Å². The molecule has 2 amide bonds. The molecule has 320 valence electrons. The first kappa shape index (κ1) is 47.9. The predicted octanol–water partition coefficient (Wildman–Crippen LogP) is -2.31. The van der Waals surface area contributed by atoms with Gasteiger partial charge in [0.25, 0.3) is 0 Å². The first-order valence-electron chi connectivity index (χ1n) is 15.8. The first-order valence-corrected chi connectivity index (χ1v) is 21.2. The lowest BCUT2D eigenvalue weighted by atomic mass is 9.87. The fourth-order valence-corrected chi connectivity index (χ4v) is 7.75. The lowest BCUT2D eigenvalue weighted by molar-refractivity contribution is -0.168. The van der Waals surface area contributed by atoms with Crippen LogP contribution in [0.4, 0.5) is 5.82 Å². The monoisotopic (exact) mass is 897 g/mol. The summed E-state index contributed by atoms with van der Waals surface area (Å²) in [4.78, 5) is 108. The van der Waals surface area contributed by atoms with E-state index in [1.54, 1.807) is 0 Å². The number of nitrogens with two attached hydrogens (primary N) is 1. The van der Waals surface area contributed by atoms with Gasteiger partial charge in [-0.25, -0.2) is 38.2 Å². The van der Waals surface area contributed by atoms with Crippen LogP contribution in [0.15, 0.2) is 12.7 Å². The average Bonchev–Trinajstić information content (AvgIpc) is 3.65. The third-order valence-corrected chi connectivity index (χ3v) is 10.9. The maximum Gasteiger partial charge on any atom is 0.481 e. The van der Waals surface area contributed by atoms with Gasteiger partial charge in [0, 0.05) is 37.6 Å². The number of carbonyl (C=O) groups is 5. The Bertz CT molecular complexity index is 1950. The molecule has 0 spiro atoms. The number of nitrogens with one attached hydrogen (secondary N) is 2. The maximum atomic E-state index is 12.6. The number of amides is 2. The summed E-state index contributed by atoms with van der Waals surface area (Å²) in [6.07, 6.45) is -7.22. The normalized spacial score (nSPS) is 21.2. The second-order valence-electron chi connectivity index (χ2n) is 12.1. The van der Waals surface area contributed by atoms with Gasteiger partial charge in [-0.1, -0.05) is 13.8 Å². The SMILES string of the molecule is CC(=O)OC(=O)C(=O)OSCCNC(=O)CCNC(=O)C(O)C(C)(C)COP(=O)(O)OP(=O)(O)OC[C@H]1O[C@@H](n2cnc3c(N)ncnc32)[C@H](O)[C@@H]1OP(=O)(O)O. The van der Waals surface area contributed by atoms with Gasteiger partial charge in [0.05, 0.1) is 31.6 Å². The van der Waals surface area contributed by atoms with Crippen molar-refractivity contribution in [2.75, 3.05) is 37.8 Å². The lowest BCUT2D eigenvalue weighted by Crippen LogP contribution is -2.46. The molecular weight excluding hydrogens is 859 g/mol. The summed E-state index contributed by atoms with van der Waals surface area (Å²) in [5, 5.41) is 26.0. The molecule has 7 atom stereocenters. The van der Waals surface area contributed by atoms with E-state index in [9.17, 15) is 67.5 Å². The number of hydrogen-bond donors (Lipinski definition) is 9. The predicted molar refractivity (Wildman–Crippen MR) is 185 cm³/mol. The minimum absolute atomic E-state index is 0.00744. The molecule has 0 aliphatic carbocycles. The zero-order valence-corrected chi connectivity index (χ0v) is 33.2. The van der Waals surface area contributed by atoms with Gasteiger partial charge in [0.2, 0.25) is 11.8 Å². The van der Waals surface area contributed by atoms with Gasteiger partial charge in [-0.2, -0.15) is 4.31 Å². The van der Waals surface area contributed by atoms with Gasteiger partial charge >= 0.3 is 41.4 Å². The van der Waals surface area contributed by atoms with Crippen LogP contribution in [0, 0.1) is 5.41 Å². The van der Waals surface area contributed by atoms with Crippen LogP contribution in [0.3, 0.4) is 0 Å². The lowest BCUT2D eigenvalue weighted by Gasteiger charge is -2.30. The van der Waals surface area contributed by atoms with Crippen LogP contribution in [0.1, 0.15) is 33.4 Å². The molecular formula is C25H38N7O21P3S. The van der Waals surface area contributed by atoms with E-state index in [2.05, 4.69) is 43.3 Å². The highest BCUT2D eigenvalue weighted by atomic mass is 32.2. The molecule has 1 aliphatic heterocycles. The van der Waals surface area contributed by atoms with Crippen molar-refractivity contribution in [3.05, 3.63) is 12.7 Å². The molecule has 32 heteroatoms. The number of anilines is 1. The number of carbonyl (C=O) groups excluding carboxylic acids is 5. The molecule has 2 aromatic rings. The topological polar surface area (TPSA) is 416 Å². The van der Waals surface area contributed by atoms with E-state index >= 15 is 0 Å². The largest absolute Gasteiger partial charge is 0.481 e. The molecule has 0 saturated carbocycles. The van der Waals surface area contributed by atoms with Crippen LogP contribution in [-0.4, -0.2) is 136 Å². The van der Waals surface area contributed by atoms with E-state index in [-0.39, 0.29) is 42.2 Å².